The highest BCUT2D eigenvalue weighted by Crippen LogP contribution is 2.49. The SMILES string of the molecule is O=C(COCCOCCOCC(=O)NCCOCCOCCN=C([O-])OCC1c2ccccc2-c2ccccc21)NCCS.O=C(COCCOCCOCC(=O)NCCSC(c1ccccc1)(c1ccccc1)c1ccccc1)NCCOCCOCCN=C([O-])OCC1c2ccccc2-c2ccccc21. The van der Waals surface area contributed by atoms with E-state index in [1.54, 1.807) is 11.8 Å². The van der Waals surface area contributed by atoms with Gasteiger partial charge >= 0.3 is 0 Å². The molecule has 0 radical (unpaired) electrons. The predicted molar refractivity (Wildman–Crippen MR) is 410 cm³/mol. The van der Waals surface area contributed by atoms with Gasteiger partial charge in [-0.1, -0.05) is 188 Å². The van der Waals surface area contributed by atoms with Crippen molar-refractivity contribution in [3.05, 3.63) is 227 Å². The number of benzene rings is 7. The molecule has 107 heavy (non-hydrogen) atoms. The summed E-state index contributed by atoms with van der Waals surface area (Å²) in [6, 6.07) is 64.1. The zero-order chi connectivity index (χ0) is 75.0. The molecule has 0 unspecified atom stereocenters. The maximum Gasteiger partial charge on any atom is 0.246 e. The molecule has 0 fully saturated rings. The monoisotopic (exact) mass is 1510 g/mol. The van der Waals surface area contributed by atoms with Crippen LogP contribution in [-0.2, 0) is 80.8 Å². The fraction of sp³-hybridized carbons (Fsp3) is 0.407. The van der Waals surface area contributed by atoms with Crippen molar-refractivity contribution >= 4 is 60.2 Å². The molecule has 2 aliphatic carbocycles. The van der Waals surface area contributed by atoms with Crippen LogP contribution in [0.1, 0.15) is 50.8 Å². The number of carbonyl (C=O) groups excluding carboxylic acids is 4. The lowest BCUT2D eigenvalue weighted by atomic mass is 9.84. The topological polar surface area (TPSA) is 298 Å². The van der Waals surface area contributed by atoms with Gasteiger partial charge in [0.15, 0.2) is 0 Å². The van der Waals surface area contributed by atoms with Gasteiger partial charge in [0.2, 0.25) is 23.6 Å². The van der Waals surface area contributed by atoms with Crippen molar-refractivity contribution in [1.29, 1.82) is 0 Å². The van der Waals surface area contributed by atoms with E-state index < -0.39 is 16.9 Å². The summed E-state index contributed by atoms with van der Waals surface area (Å²) in [6.45, 7) is 7.02. The van der Waals surface area contributed by atoms with E-state index in [1.807, 2.05) is 66.7 Å². The summed E-state index contributed by atoms with van der Waals surface area (Å²) in [6.07, 6.45) is -1.21. The number of aliphatic imine (C=N–C) groups is 2. The summed E-state index contributed by atoms with van der Waals surface area (Å²) in [5, 5.41) is 35.4. The molecule has 0 saturated carbocycles. The van der Waals surface area contributed by atoms with Crippen molar-refractivity contribution in [3.8, 4) is 22.3 Å². The molecule has 2 aliphatic rings. The Kier molecular flexibility index (Phi) is 39.2. The number of hydrogen-bond donors (Lipinski definition) is 5. The molecule has 0 bridgehead atoms. The van der Waals surface area contributed by atoms with Crippen LogP contribution in [0.5, 0.6) is 0 Å². The molecule has 0 spiro atoms. The summed E-state index contributed by atoms with van der Waals surface area (Å²) >= 11 is 5.79. The van der Waals surface area contributed by atoms with E-state index in [-0.39, 0.29) is 134 Å². The number of rotatable bonds is 51. The minimum absolute atomic E-state index is 0.000336. The lowest BCUT2D eigenvalue weighted by Gasteiger charge is -2.35. The van der Waals surface area contributed by atoms with Gasteiger partial charge in [0, 0.05) is 62.7 Å². The van der Waals surface area contributed by atoms with Crippen molar-refractivity contribution in [2.75, 3.05) is 196 Å². The largest absolute Gasteiger partial charge is 0.599 e. The molecule has 4 amide bonds. The van der Waals surface area contributed by atoms with Crippen LogP contribution >= 0.6 is 24.4 Å². The highest BCUT2D eigenvalue weighted by atomic mass is 32.2. The van der Waals surface area contributed by atoms with Gasteiger partial charge in [-0.05, 0) is 61.2 Å². The first-order valence-corrected chi connectivity index (χ1v) is 37.6. The standard InChI is InChI=1S/C50H57N3O9S.C31H43N3O9S/c54-47(51-24-27-57-29-30-58-28-25-53-49(56)62-36-46-44-22-12-10-20-42(44)43-21-11-13-23-45(43)46)37-60-33-31-59-32-34-61-38-48(55)52-26-35-63-50(39-14-4-1-5-15-39,40-16-6-2-7-17-40)41-18-8-3-9-19-41;35-29(22-41-18-16-40-17-19-42-23-30(36)33-11-20-44)32-9-12-38-14-15-39-13-10-34-31(37)43-21-28-26-7-3-1-5-24(26)25-6-2-4-8-27(25)28/h1-23,46H,24-38H2,(H,51,54)(H,52,55)(H,53,56);1-8,28,44H,9-23H2,(H,32,35)(H,33,36)(H,34,37)/p-2. The molecule has 574 valence electrons. The first-order chi connectivity index (χ1) is 52.7. The van der Waals surface area contributed by atoms with Crippen LogP contribution in [0.15, 0.2) is 198 Å². The van der Waals surface area contributed by atoms with Crippen molar-refractivity contribution < 1.29 is 86.2 Å². The first-order valence-electron chi connectivity index (χ1n) is 36.0. The number of nitrogens with zero attached hydrogens (tertiary/aromatic N) is 2. The van der Waals surface area contributed by atoms with Gasteiger partial charge in [0.1, 0.15) is 38.6 Å². The van der Waals surface area contributed by atoms with E-state index in [0.29, 0.717) is 97.1 Å². The molecular weight excluding hydrogens is 1410 g/mol. The highest BCUT2D eigenvalue weighted by Gasteiger charge is 2.37. The third-order valence-electron chi connectivity index (χ3n) is 16.6. The van der Waals surface area contributed by atoms with Gasteiger partial charge in [0.05, 0.1) is 124 Å². The second-order valence-corrected chi connectivity index (χ2v) is 25.8. The van der Waals surface area contributed by atoms with Crippen molar-refractivity contribution in [1.82, 2.24) is 21.3 Å². The Bertz CT molecular complexity index is 3580. The zero-order valence-electron chi connectivity index (χ0n) is 60.4. The van der Waals surface area contributed by atoms with Gasteiger partial charge in [-0.2, -0.15) is 12.6 Å². The van der Waals surface area contributed by atoms with Crippen LogP contribution in [0.4, 0.5) is 0 Å². The minimum Gasteiger partial charge on any atom is -0.599 e. The Morgan fingerprint density at radius 2 is 0.617 bits per heavy atom. The van der Waals surface area contributed by atoms with Gasteiger partial charge < -0.3 is 88.3 Å². The number of amides is 4. The molecule has 7 aromatic carbocycles. The van der Waals surface area contributed by atoms with Gasteiger partial charge in [-0.25, -0.2) is 0 Å². The van der Waals surface area contributed by atoms with Crippen molar-refractivity contribution in [3.63, 3.8) is 0 Å². The molecule has 26 heteroatoms. The maximum absolute atomic E-state index is 12.5. The summed E-state index contributed by atoms with van der Waals surface area (Å²) in [7, 11) is 0. The first kappa shape index (κ1) is 83.9. The third-order valence-corrected chi connectivity index (χ3v) is 18.4. The molecule has 4 N–H and O–H groups in total. The van der Waals surface area contributed by atoms with E-state index in [4.69, 9.17) is 56.8 Å². The normalized spacial score (nSPS) is 12.5. The van der Waals surface area contributed by atoms with E-state index in [0.717, 1.165) is 22.3 Å². The quantitative estimate of drug-likeness (QED) is 0.00912. The Hall–Kier alpha value is -8.74. The van der Waals surface area contributed by atoms with E-state index in [2.05, 4.69) is 165 Å². The number of ether oxygens (including phenoxy) is 12. The fourth-order valence-electron chi connectivity index (χ4n) is 11.7. The Balaban J connectivity index is 0.000000288. The molecule has 0 aliphatic heterocycles. The minimum atomic E-state index is -0.608. The van der Waals surface area contributed by atoms with E-state index >= 15 is 0 Å². The van der Waals surface area contributed by atoms with Crippen LogP contribution in [0, 0.1) is 0 Å². The number of carbonyl (C=O) groups is 4. The zero-order valence-corrected chi connectivity index (χ0v) is 62.1. The molecular formula is C81H98N6O18S2-2. The predicted octanol–water partition coefficient (Wildman–Crippen LogP) is 6.35. The summed E-state index contributed by atoms with van der Waals surface area (Å²) in [4.78, 5) is 55.5. The molecule has 0 heterocycles. The fourth-order valence-corrected chi connectivity index (χ4v) is 13.3. The van der Waals surface area contributed by atoms with Crippen molar-refractivity contribution in [2.24, 2.45) is 9.98 Å². The smallest absolute Gasteiger partial charge is 0.246 e. The number of thioether (sulfide) groups is 1. The highest BCUT2D eigenvalue weighted by molar-refractivity contribution is 8.00. The van der Waals surface area contributed by atoms with Crippen LogP contribution in [0.3, 0.4) is 0 Å². The molecule has 0 saturated heterocycles. The molecule has 24 nitrogen and oxygen atoms in total. The van der Waals surface area contributed by atoms with Crippen molar-refractivity contribution in [2.45, 2.75) is 16.6 Å². The summed E-state index contributed by atoms with van der Waals surface area (Å²) in [5.74, 6) is 0.354. The second-order valence-electron chi connectivity index (χ2n) is 24.0. The maximum atomic E-state index is 12.5. The Morgan fingerprint density at radius 3 is 0.944 bits per heavy atom. The van der Waals surface area contributed by atoms with Crippen LogP contribution in [0.25, 0.3) is 22.3 Å². The average Bonchev–Trinajstić information content (AvgIpc) is 1.75. The summed E-state index contributed by atoms with van der Waals surface area (Å²) < 4.78 is 64.5. The lowest BCUT2D eigenvalue weighted by molar-refractivity contribution is -0.252. The van der Waals surface area contributed by atoms with E-state index in [1.165, 1.54) is 38.9 Å². The van der Waals surface area contributed by atoms with E-state index in [9.17, 15) is 29.4 Å². The molecule has 9 rings (SSSR count). The van der Waals surface area contributed by atoms with Crippen LogP contribution < -0.4 is 31.5 Å². The molecule has 7 aromatic rings. The Labute approximate surface area is 636 Å². The number of hydrogen-bond acceptors (Lipinski definition) is 22. The lowest BCUT2D eigenvalue weighted by Crippen LogP contribution is -2.32. The number of nitrogens with one attached hydrogen (secondary N) is 4. The Morgan fingerprint density at radius 1 is 0.346 bits per heavy atom. The molecule has 0 atom stereocenters. The average molecular weight is 1510 g/mol. The van der Waals surface area contributed by atoms with Gasteiger partial charge in [-0.3, -0.25) is 29.2 Å². The van der Waals surface area contributed by atoms with Crippen LogP contribution in [-0.4, -0.2) is 232 Å². The van der Waals surface area contributed by atoms with Gasteiger partial charge in [0.25, 0.3) is 0 Å². The van der Waals surface area contributed by atoms with Gasteiger partial charge in [-0.15, -0.1) is 11.8 Å². The molecule has 0 aromatic heterocycles. The number of thiol groups is 1. The second kappa shape index (κ2) is 50.0. The van der Waals surface area contributed by atoms with Crippen LogP contribution in [0.2, 0.25) is 0 Å². The third kappa shape index (κ3) is 29.4. The number of fused-ring (bicyclic) bond motifs is 6. The summed E-state index contributed by atoms with van der Waals surface area (Å²) in [5.41, 5.74) is 12.8.